The van der Waals surface area contributed by atoms with Gasteiger partial charge in [-0.25, -0.2) is 4.98 Å². The molecular formula is C25H28N2O2. The molecule has 0 atom stereocenters. The first-order chi connectivity index (χ1) is 14.1. The zero-order valence-electron chi connectivity index (χ0n) is 16.8. The lowest BCUT2D eigenvalue weighted by Gasteiger charge is -2.05. The number of aromatic nitrogens is 1. The van der Waals surface area contributed by atoms with E-state index < -0.39 is 0 Å². The Hall–Kier alpha value is -3.27. The Kier molecular flexibility index (Phi) is 6.90. The van der Waals surface area contributed by atoms with Gasteiger partial charge >= 0.3 is 0 Å². The van der Waals surface area contributed by atoms with Gasteiger partial charge in [0.2, 0.25) is 0 Å². The first-order valence-electron chi connectivity index (χ1n) is 10.1. The van der Waals surface area contributed by atoms with Crippen molar-refractivity contribution in [2.45, 2.75) is 39.0 Å². The van der Waals surface area contributed by atoms with Crippen LogP contribution in [0, 0.1) is 0 Å². The number of unbranched alkanes of at least 4 members (excludes halogenated alkanes) is 3. The number of fused-ring (bicyclic) bond motifs is 2. The molecule has 0 saturated carbocycles. The maximum Gasteiger partial charge on any atom is 0.122 e. The highest BCUT2D eigenvalue weighted by Crippen LogP contribution is 2.27. The molecule has 4 nitrogen and oxygen atoms in total. The Morgan fingerprint density at radius 3 is 2.00 bits per heavy atom. The van der Waals surface area contributed by atoms with Crippen LogP contribution in [0.4, 0.5) is 5.69 Å². The van der Waals surface area contributed by atoms with Gasteiger partial charge in [-0.2, -0.15) is 0 Å². The zero-order valence-corrected chi connectivity index (χ0v) is 16.8. The monoisotopic (exact) mass is 388 g/mol. The third kappa shape index (κ3) is 5.17. The number of phenolic OH excluding ortho intramolecular Hbond substituents is 2. The highest BCUT2D eigenvalue weighted by molar-refractivity contribution is 6.06. The van der Waals surface area contributed by atoms with Crippen LogP contribution in [0.3, 0.4) is 0 Å². The number of rotatable bonds is 5. The van der Waals surface area contributed by atoms with E-state index in [0.29, 0.717) is 0 Å². The molecule has 0 saturated heterocycles. The second-order valence-corrected chi connectivity index (χ2v) is 7.18. The molecule has 0 bridgehead atoms. The van der Waals surface area contributed by atoms with E-state index in [2.05, 4.69) is 11.9 Å². The normalized spacial score (nSPS) is 10.7. The SMILES string of the molecule is CCCCCCc1ccc(O)cc1O.Nc1c2ccccc2nc2ccccc12. The van der Waals surface area contributed by atoms with Crippen molar-refractivity contribution in [1.82, 2.24) is 4.98 Å². The van der Waals surface area contributed by atoms with E-state index in [0.717, 1.165) is 45.9 Å². The van der Waals surface area contributed by atoms with Crippen molar-refractivity contribution in [3.05, 3.63) is 72.3 Å². The van der Waals surface area contributed by atoms with E-state index >= 15 is 0 Å². The summed E-state index contributed by atoms with van der Waals surface area (Å²) >= 11 is 0. The van der Waals surface area contributed by atoms with E-state index in [9.17, 15) is 5.11 Å². The lowest BCUT2D eigenvalue weighted by molar-refractivity contribution is 0.445. The molecule has 150 valence electrons. The minimum atomic E-state index is 0.125. The number of anilines is 1. The molecule has 0 aliphatic heterocycles. The fourth-order valence-corrected chi connectivity index (χ4v) is 3.38. The number of phenols is 2. The molecular weight excluding hydrogens is 360 g/mol. The largest absolute Gasteiger partial charge is 0.508 e. The Bertz CT molecular complexity index is 1040. The molecule has 0 aliphatic carbocycles. The first kappa shape index (κ1) is 20.5. The molecule has 0 unspecified atom stereocenters. The molecule has 0 amide bonds. The third-order valence-electron chi connectivity index (χ3n) is 5.00. The lowest BCUT2D eigenvalue weighted by Crippen LogP contribution is -1.91. The van der Waals surface area contributed by atoms with Crippen LogP contribution in [0.5, 0.6) is 11.5 Å². The van der Waals surface area contributed by atoms with Gasteiger partial charge in [-0.15, -0.1) is 0 Å². The molecule has 29 heavy (non-hydrogen) atoms. The fraction of sp³-hybridized carbons (Fsp3) is 0.240. The van der Waals surface area contributed by atoms with Gasteiger partial charge < -0.3 is 15.9 Å². The van der Waals surface area contributed by atoms with Crippen molar-refractivity contribution < 1.29 is 10.2 Å². The topological polar surface area (TPSA) is 79.4 Å². The summed E-state index contributed by atoms with van der Waals surface area (Å²) in [7, 11) is 0. The van der Waals surface area contributed by atoms with Crippen LogP contribution in [0.2, 0.25) is 0 Å². The number of nitrogens with zero attached hydrogens (tertiary/aromatic N) is 1. The highest BCUT2D eigenvalue weighted by Gasteiger charge is 2.04. The van der Waals surface area contributed by atoms with Crippen LogP contribution in [0.25, 0.3) is 21.8 Å². The molecule has 0 fully saturated rings. The summed E-state index contributed by atoms with van der Waals surface area (Å²) in [5.74, 6) is 0.335. The number of nitrogens with two attached hydrogens (primary N) is 1. The van der Waals surface area contributed by atoms with E-state index in [1.54, 1.807) is 12.1 Å². The summed E-state index contributed by atoms with van der Waals surface area (Å²) in [5.41, 5.74) is 9.77. The van der Waals surface area contributed by atoms with E-state index in [1.165, 1.54) is 25.3 Å². The summed E-state index contributed by atoms with van der Waals surface area (Å²) in [5, 5.41) is 20.6. The quantitative estimate of drug-likeness (QED) is 0.281. The number of benzene rings is 3. The lowest BCUT2D eigenvalue weighted by atomic mass is 10.1. The molecule has 1 heterocycles. The van der Waals surface area contributed by atoms with Gasteiger partial charge in [0.15, 0.2) is 0 Å². The number of aromatic hydroxyl groups is 2. The van der Waals surface area contributed by atoms with Crippen molar-refractivity contribution in [3.63, 3.8) is 0 Å². The van der Waals surface area contributed by atoms with Gasteiger partial charge in [0, 0.05) is 16.8 Å². The molecule has 4 rings (SSSR count). The predicted octanol–water partition coefficient (Wildman–Crippen LogP) is 6.19. The number of para-hydroxylation sites is 2. The van der Waals surface area contributed by atoms with Gasteiger partial charge in [0.1, 0.15) is 11.5 Å². The van der Waals surface area contributed by atoms with E-state index in [-0.39, 0.29) is 11.5 Å². The number of hydrogen-bond donors (Lipinski definition) is 3. The van der Waals surface area contributed by atoms with E-state index in [4.69, 9.17) is 10.8 Å². The molecule has 0 spiro atoms. The number of aryl methyl sites for hydroxylation is 1. The summed E-state index contributed by atoms with van der Waals surface area (Å²) in [6.07, 6.45) is 5.68. The molecule has 4 aromatic rings. The van der Waals surface area contributed by atoms with Crippen LogP contribution >= 0.6 is 0 Å². The Labute approximate surface area is 171 Å². The Morgan fingerprint density at radius 2 is 1.41 bits per heavy atom. The fourth-order valence-electron chi connectivity index (χ4n) is 3.38. The number of hydrogen-bond acceptors (Lipinski definition) is 4. The number of pyridine rings is 1. The van der Waals surface area contributed by atoms with Crippen molar-refractivity contribution in [2.75, 3.05) is 5.73 Å². The first-order valence-corrected chi connectivity index (χ1v) is 10.1. The standard InChI is InChI=1S/C13H10N2.C12H18O2/c14-13-9-5-1-3-7-11(9)15-12-8-4-2-6-10(12)13;1-2-3-4-5-6-10-7-8-11(13)9-12(10)14/h1-8H,(H2,14,15);7-9,13-14H,2-6H2,1H3. The zero-order chi connectivity index (χ0) is 20.6. The highest BCUT2D eigenvalue weighted by atomic mass is 16.3. The van der Waals surface area contributed by atoms with Crippen LogP contribution in [0.15, 0.2) is 66.7 Å². The maximum atomic E-state index is 9.49. The smallest absolute Gasteiger partial charge is 0.122 e. The average molecular weight is 389 g/mol. The summed E-state index contributed by atoms with van der Waals surface area (Å²) in [6.45, 7) is 2.18. The van der Waals surface area contributed by atoms with Crippen LogP contribution in [-0.2, 0) is 6.42 Å². The van der Waals surface area contributed by atoms with Crippen molar-refractivity contribution >= 4 is 27.5 Å². The van der Waals surface area contributed by atoms with Gasteiger partial charge in [0.25, 0.3) is 0 Å². The van der Waals surface area contributed by atoms with Gasteiger partial charge in [-0.05, 0) is 36.6 Å². The molecule has 0 aliphatic rings. The maximum absolute atomic E-state index is 9.49. The minimum Gasteiger partial charge on any atom is -0.508 e. The molecule has 4 N–H and O–H groups in total. The molecule has 4 heteroatoms. The van der Waals surface area contributed by atoms with Crippen LogP contribution in [-0.4, -0.2) is 15.2 Å². The van der Waals surface area contributed by atoms with Crippen molar-refractivity contribution in [2.24, 2.45) is 0 Å². The molecule has 3 aromatic carbocycles. The number of nitrogen functional groups attached to an aromatic ring is 1. The van der Waals surface area contributed by atoms with Crippen molar-refractivity contribution in [1.29, 1.82) is 0 Å². The van der Waals surface area contributed by atoms with Gasteiger partial charge in [0.05, 0.1) is 16.7 Å². The summed E-state index contributed by atoms with van der Waals surface area (Å²) in [6, 6.07) is 20.7. The molecule has 0 radical (unpaired) electrons. The van der Waals surface area contributed by atoms with Crippen LogP contribution < -0.4 is 5.73 Å². The predicted molar refractivity (Wildman–Crippen MR) is 121 cm³/mol. The Morgan fingerprint density at radius 1 is 0.793 bits per heavy atom. The van der Waals surface area contributed by atoms with Gasteiger partial charge in [-0.1, -0.05) is 68.7 Å². The third-order valence-corrected chi connectivity index (χ3v) is 5.00. The van der Waals surface area contributed by atoms with Crippen LogP contribution in [0.1, 0.15) is 38.2 Å². The molecule has 1 aromatic heterocycles. The summed E-state index contributed by atoms with van der Waals surface area (Å²) in [4.78, 5) is 4.56. The van der Waals surface area contributed by atoms with Crippen molar-refractivity contribution in [3.8, 4) is 11.5 Å². The minimum absolute atomic E-state index is 0.125. The second-order valence-electron chi connectivity index (χ2n) is 7.18. The van der Waals surface area contributed by atoms with Gasteiger partial charge in [-0.3, -0.25) is 0 Å². The summed E-state index contributed by atoms with van der Waals surface area (Å²) < 4.78 is 0. The average Bonchev–Trinajstić information content (AvgIpc) is 2.73. The Balaban J connectivity index is 0.000000166. The second kappa shape index (κ2) is 9.78. The van der Waals surface area contributed by atoms with E-state index in [1.807, 2.05) is 48.5 Å².